The molecule has 1 aliphatic rings. The Labute approximate surface area is 127 Å². The standard InChI is InChI=1S/C18H26O3/c1-18(2,3)14-8-10-15(11-9-14)21-12-13-6-4-5-7-16(13)17(19)20/h4-7,14-15H,8-12H2,1-3H3,(H,19,20). The van der Waals surface area contributed by atoms with Crippen LogP contribution in [0.2, 0.25) is 0 Å². The Kier molecular flexibility index (Phi) is 5.04. The van der Waals surface area contributed by atoms with Crippen molar-refractivity contribution in [2.24, 2.45) is 11.3 Å². The van der Waals surface area contributed by atoms with Gasteiger partial charge in [0.2, 0.25) is 0 Å². The molecule has 0 atom stereocenters. The first kappa shape index (κ1) is 16.0. The van der Waals surface area contributed by atoms with Crippen LogP contribution in [0.25, 0.3) is 0 Å². The highest BCUT2D eigenvalue weighted by atomic mass is 16.5. The SMILES string of the molecule is CC(C)(C)C1CCC(OCc2ccccc2C(=O)O)CC1. The molecule has 1 aromatic rings. The highest BCUT2D eigenvalue weighted by Crippen LogP contribution is 2.38. The average Bonchev–Trinajstić information content (AvgIpc) is 2.45. The van der Waals surface area contributed by atoms with Crippen LogP contribution in [0.4, 0.5) is 0 Å². The van der Waals surface area contributed by atoms with Crippen molar-refractivity contribution in [2.45, 2.75) is 59.2 Å². The number of hydrogen-bond donors (Lipinski definition) is 1. The monoisotopic (exact) mass is 290 g/mol. The smallest absolute Gasteiger partial charge is 0.336 e. The first-order valence-electron chi connectivity index (χ1n) is 7.80. The summed E-state index contributed by atoms with van der Waals surface area (Å²) in [5.41, 5.74) is 1.49. The topological polar surface area (TPSA) is 46.5 Å². The van der Waals surface area contributed by atoms with E-state index in [9.17, 15) is 9.90 Å². The third-order valence-electron chi connectivity index (χ3n) is 4.62. The van der Waals surface area contributed by atoms with E-state index in [-0.39, 0.29) is 6.10 Å². The van der Waals surface area contributed by atoms with Gasteiger partial charge in [-0.05, 0) is 48.6 Å². The number of carboxylic acid groups (broad SMARTS) is 1. The molecule has 1 fully saturated rings. The quantitative estimate of drug-likeness (QED) is 0.887. The van der Waals surface area contributed by atoms with Crippen molar-refractivity contribution in [2.75, 3.05) is 0 Å². The maximum absolute atomic E-state index is 11.2. The van der Waals surface area contributed by atoms with Crippen molar-refractivity contribution in [3.63, 3.8) is 0 Å². The fraction of sp³-hybridized carbons (Fsp3) is 0.611. The summed E-state index contributed by atoms with van der Waals surface area (Å²) in [6, 6.07) is 7.09. The molecule has 0 bridgehead atoms. The molecule has 1 N–H and O–H groups in total. The number of hydrogen-bond acceptors (Lipinski definition) is 2. The molecule has 0 unspecified atom stereocenters. The molecule has 1 aromatic carbocycles. The van der Waals surface area contributed by atoms with Gasteiger partial charge in [0, 0.05) is 0 Å². The Hall–Kier alpha value is -1.35. The van der Waals surface area contributed by atoms with Crippen LogP contribution < -0.4 is 0 Å². The molecule has 2 rings (SSSR count). The van der Waals surface area contributed by atoms with Crippen LogP contribution in [0.3, 0.4) is 0 Å². The van der Waals surface area contributed by atoms with Crippen LogP contribution in [0, 0.1) is 11.3 Å². The van der Waals surface area contributed by atoms with Gasteiger partial charge in [-0.25, -0.2) is 4.79 Å². The van der Waals surface area contributed by atoms with Gasteiger partial charge in [0.15, 0.2) is 0 Å². The minimum Gasteiger partial charge on any atom is -0.478 e. The molecule has 0 radical (unpaired) electrons. The van der Waals surface area contributed by atoms with Crippen LogP contribution in [0.5, 0.6) is 0 Å². The lowest BCUT2D eigenvalue weighted by molar-refractivity contribution is -0.00621. The van der Waals surface area contributed by atoms with E-state index < -0.39 is 5.97 Å². The molecule has 0 saturated heterocycles. The average molecular weight is 290 g/mol. The first-order chi connectivity index (χ1) is 9.88. The summed E-state index contributed by atoms with van der Waals surface area (Å²) in [5, 5.41) is 9.17. The fourth-order valence-corrected chi connectivity index (χ4v) is 3.16. The molecule has 1 saturated carbocycles. The largest absolute Gasteiger partial charge is 0.478 e. The van der Waals surface area contributed by atoms with Crippen molar-refractivity contribution in [1.29, 1.82) is 0 Å². The molecule has 21 heavy (non-hydrogen) atoms. The Bertz CT molecular complexity index is 479. The third kappa shape index (κ3) is 4.31. The number of carboxylic acids is 1. The van der Waals surface area contributed by atoms with Gasteiger partial charge in [-0.2, -0.15) is 0 Å². The minimum atomic E-state index is -0.884. The molecule has 116 valence electrons. The van der Waals surface area contributed by atoms with Gasteiger partial charge in [0.05, 0.1) is 18.3 Å². The summed E-state index contributed by atoms with van der Waals surface area (Å²) in [4.78, 5) is 11.2. The van der Waals surface area contributed by atoms with Gasteiger partial charge in [-0.3, -0.25) is 0 Å². The van der Waals surface area contributed by atoms with Gasteiger partial charge in [0.1, 0.15) is 0 Å². The Morgan fingerprint density at radius 1 is 1.19 bits per heavy atom. The van der Waals surface area contributed by atoms with E-state index in [0.29, 0.717) is 17.6 Å². The number of benzene rings is 1. The molecule has 1 aliphatic carbocycles. The van der Waals surface area contributed by atoms with E-state index >= 15 is 0 Å². The van der Waals surface area contributed by atoms with Crippen molar-refractivity contribution in [3.8, 4) is 0 Å². The molecule has 0 heterocycles. The number of ether oxygens (including phenoxy) is 1. The van der Waals surface area contributed by atoms with Crippen LogP contribution in [-0.2, 0) is 11.3 Å². The maximum Gasteiger partial charge on any atom is 0.336 e. The summed E-state index contributed by atoms with van der Waals surface area (Å²) < 4.78 is 5.96. The predicted octanol–water partition coefficient (Wildman–Crippen LogP) is 4.51. The minimum absolute atomic E-state index is 0.269. The lowest BCUT2D eigenvalue weighted by atomic mass is 9.72. The molecule has 0 aromatic heterocycles. The van der Waals surface area contributed by atoms with Crippen molar-refractivity contribution >= 4 is 5.97 Å². The lowest BCUT2D eigenvalue weighted by Gasteiger charge is -2.36. The van der Waals surface area contributed by atoms with Crippen LogP contribution in [-0.4, -0.2) is 17.2 Å². The van der Waals surface area contributed by atoms with Gasteiger partial charge in [-0.15, -0.1) is 0 Å². The highest BCUT2D eigenvalue weighted by molar-refractivity contribution is 5.89. The summed E-state index contributed by atoms with van der Waals surface area (Å²) in [7, 11) is 0. The van der Waals surface area contributed by atoms with Gasteiger partial charge >= 0.3 is 5.97 Å². The normalized spacial score (nSPS) is 23.0. The molecule has 3 nitrogen and oxygen atoms in total. The molecular weight excluding hydrogens is 264 g/mol. The van der Waals surface area contributed by atoms with Gasteiger partial charge < -0.3 is 9.84 Å². The van der Waals surface area contributed by atoms with E-state index in [4.69, 9.17) is 4.74 Å². The second-order valence-corrected chi connectivity index (χ2v) is 7.11. The number of rotatable bonds is 4. The zero-order chi connectivity index (χ0) is 15.5. The predicted molar refractivity (Wildman–Crippen MR) is 83.4 cm³/mol. The maximum atomic E-state index is 11.2. The van der Waals surface area contributed by atoms with E-state index in [1.165, 1.54) is 12.8 Å². The Morgan fingerprint density at radius 3 is 2.38 bits per heavy atom. The van der Waals surface area contributed by atoms with Gasteiger partial charge in [-0.1, -0.05) is 39.0 Å². The molecular formula is C18H26O3. The van der Waals surface area contributed by atoms with E-state index in [1.54, 1.807) is 12.1 Å². The van der Waals surface area contributed by atoms with Gasteiger partial charge in [0.25, 0.3) is 0 Å². The second-order valence-electron chi connectivity index (χ2n) is 7.11. The lowest BCUT2D eigenvalue weighted by Crippen LogP contribution is -2.29. The molecule has 0 amide bonds. The van der Waals surface area contributed by atoms with Crippen molar-refractivity contribution in [3.05, 3.63) is 35.4 Å². The van der Waals surface area contributed by atoms with Crippen LogP contribution in [0.1, 0.15) is 62.4 Å². The first-order valence-corrected chi connectivity index (χ1v) is 7.80. The zero-order valence-corrected chi connectivity index (χ0v) is 13.3. The summed E-state index contributed by atoms with van der Waals surface area (Å²) >= 11 is 0. The number of carbonyl (C=O) groups is 1. The summed E-state index contributed by atoms with van der Waals surface area (Å²) in [6.45, 7) is 7.32. The fourth-order valence-electron chi connectivity index (χ4n) is 3.16. The second kappa shape index (κ2) is 6.61. The van der Waals surface area contributed by atoms with E-state index in [0.717, 1.165) is 24.3 Å². The van der Waals surface area contributed by atoms with Crippen molar-refractivity contribution < 1.29 is 14.6 Å². The number of aromatic carboxylic acids is 1. The summed E-state index contributed by atoms with van der Waals surface area (Å²) in [5.74, 6) is -0.116. The summed E-state index contributed by atoms with van der Waals surface area (Å²) in [6.07, 6.45) is 4.84. The molecule has 0 aliphatic heterocycles. The van der Waals surface area contributed by atoms with E-state index in [1.807, 2.05) is 12.1 Å². The Balaban J connectivity index is 1.87. The highest BCUT2D eigenvalue weighted by Gasteiger charge is 2.30. The zero-order valence-electron chi connectivity index (χ0n) is 13.3. The Morgan fingerprint density at radius 2 is 1.81 bits per heavy atom. The van der Waals surface area contributed by atoms with Crippen LogP contribution >= 0.6 is 0 Å². The third-order valence-corrected chi connectivity index (χ3v) is 4.62. The van der Waals surface area contributed by atoms with E-state index in [2.05, 4.69) is 20.8 Å². The van der Waals surface area contributed by atoms with Crippen LogP contribution in [0.15, 0.2) is 24.3 Å². The molecule has 3 heteroatoms. The molecule has 0 spiro atoms. The van der Waals surface area contributed by atoms with Crippen molar-refractivity contribution in [1.82, 2.24) is 0 Å².